The summed E-state index contributed by atoms with van der Waals surface area (Å²) < 4.78 is 0. The van der Waals surface area contributed by atoms with Crippen LogP contribution >= 0.6 is 34.0 Å². The van der Waals surface area contributed by atoms with Crippen molar-refractivity contribution in [2.45, 2.75) is 136 Å². The molecule has 0 spiro atoms. The number of carboxylic acid groups (broad SMARTS) is 1. The number of unbranched alkanes of at least 4 members (excludes halogenated alkanes) is 6. The largest absolute Gasteiger partial charge is 0.477 e. The Morgan fingerprint density at radius 3 is 1.01 bits per heavy atom. The first-order valence-electron chi connectivity index (χ1n) is 35.1. The van der Waals surface area contributed by atoms with Crippen molar-refractivity contribution < 1.29 is 9.90 Å². The molecular weight excluding hydrogens is 1250 g/mol. The van der Waals surface area contributed by atoms with Gasteiger partial charge in [-0.25, -0.2) is 4.79 Å². The third kappa shape index (κ3) is 10.5. The van der Waals surface area contributed by atoms with Gasteiger partial charge in [-0.2, -0.15) is 5.26 Å². The van der Waals surface area contributed by atoms with Gasteiger partial charge in [-0.3, -0.25) is 0 Å². The van der Waals surface area contributed by atoms with E-state index in [-0.39, 0.29) is 5.57 Å². The Balaban J connectivity index is 1.23. The van der Waals surface area contributed by atoms with Gasteiger partial charge in [0, 0.05) is 19.5 Å². The van der Waals surface area contributed by atoms with E-state index >= 15 is 0 Å². The number of aliphatic carboxylic acids is 1. The van der Waals surface area contributed by atoms with Crippen molar-refractivity contribution in [1.82, 2.24) is 0 Å². The Bertz CT molecular complexity index is 4720. The minimum Gasteiger partial charge on any atom is -0.477 e. The molecule has 3 aromatic heterocycles. The fourth-order valence-corrected chi connectivity index (χ4v) is 19.5. The van der Waals surface area contributed by atoms with E-state index in [1.54, 1.807) is 0 Å². The summed E-state index contributed by atoms with van der Waals surface area (Å²) in [5, 5.41) is 25.2. The van der Waals surface area contributed by atoms with Gasteiger partial charge in [-0.1, -0.05) is 231 Å². The Hall–Kier alpha value is -9.42. The molecule has 0 atom stereocenters. The molecule has 12 aromatic rings. The van der Waals surface area contributed by atoms with E-state index in [4.69, 9.17) is 0 Å². The molecule has 0 bridgehead atoms. The second-order valence-corrected chi connectivity index (χ2v) is 30.8. The summed E-state index contributed by atoms with van der Waals surface area (Å²) in [7, 11) is 0. The number of nitrogens with zero attached hydrogens (tertiary/aromatic N) is 2. The predicted octanol–water partition coefficient (Wildman–Crippen LogP) is 24.5. The summed E-state index contributed by atoms with van der Waals surface area (Å²) in [5.41, 5.74) is 28.0. The van der Waals surface area contributed by atoms with Crippen LogP contribution in [0.1, 0.15) is 181 Å². The maximum absolute atomic E-state index is 12.6. The molecule has 0 aliphatic carbocycles. The summed E-state index contributed by atoms with van der Waals surface area (Å²) in [6, 6.07) is 83.5. The summed E-state index contributed by atoms with van der Waals surface area (Å²) >= 11 is 5.28. The van der Waals surface area contributed by atoms with Crippen LogP contribution in [0.15, 0.2) is 223 Å². The molecule has 9 aromatic carbocycles. The van der Waals surface area contributed by atoms with Gasteiger partial charge in [0.2, 0.25) is 0 Å². The second kappa shape index (κ2) is 26.1. The lowest BCUT2D eigenvalue weighted by Gasteiger charge is -2.58. The topological polar surface area (TPSA) is 64.3 Å². The molecule has 486 valence electrons. The highest BCUT2D eigenvalue weighted by molar-refractivity contribution is 7.16. The van der Waals surface area contributed by atoms with E-state index in [0.717, 1.165) is 75.2 Å². The maximum Gasteiger partial charge on any atom is 0.346 e. The first-order chi connectivity index (χ1) is 47.7. The van der Waals surface area contributed by atoms with Gasteiger partial charge >= 0.3 is 5.97 Å². The van der Waals surface area contributed by atoms with Crippen molar-refractivity contribution in [3.05, 3.63) is 339 Å². The number of rotatable bonds is 21. The lowest BCUT2D eigenvalue weighted by atomic mass is 9.52. The fourth-order valence-electron chi connectivity index (χ4n) is 16.6. The van der Waals surface area contributed by atoms with Crippen LogP contribution in [0.5, 0.6) is 0 Å². The zero-order valence-electron chi connectivity index (χ0n) is 57.4. The molecule has 15 rings (SSSR count). The Kier molecular flexibility index (Phi) is 17.2. The summed E-state index contributed by atoms with van der Waals surface area (Å²) in [6.07, 6.45) is 12.9. The quantitative estimate of drug-likeness (QED) is 0.0442. The molecule has 7 heteroatoms. The number of nitriles is 1. The van der Waals surface area contributed by atoms with Crippen molar-refractivity contribution in [3.8, 4) is 37.4 Å². The first-order valence-corrected chi connectivity index (χ1v) is 37.7. The average molecular weight is 1330 g/mol. The minimum absolute atomic E-state index is 0.303. The molecule has 1 N–H and O–H groups in total. The van der Waals surface area contributed by atoms with Crippen LogP contribution in [0, 0.1) is 52.9 Å². The first kappa shape index (κ1) is 64.6. The molecule has 0 radical (unpaired) electrons. The summed E-state index contributed by atoms with van der Waals surface area (Å²) in [6.45, 7) is 17.9. The molecule has 0 unspecified atom stereocenters. The highest BCUT2D eigenvalue weighted by Gasteiger charge is 2.61. The van der Waals surface area contributed by atoms with Gasteiger partial charge in [0.1, 0.15) is 11.6 Å². The molecule has 6 heterocycles. The van der Waals surface area contributed by atoms with Crippen LogP contribution < -0.4 is 4.90 Å². The number of benzene rings is 9. The zero-order chi connectivity index (χ0) is 67.6. The van der Waals surface area contributed by atoms with Crippen LogP contribution in [0.4, 0.5) is 17.1 Å². The van der Waals surface area contributed by atoms with Gasteiger partial charge in [-0.05, 0) is 239 Å². The number of thiophene rings is 3. The molecule has 4 nitrogen and oxygen atoms in total. The van der Waals surface area contributed by atoms with Crippen molar-refractivity contribution in [2.75, 3.05) is 4.90 Å². The third-order valence-corrected chi connectivity index (χ3v) is 24.6. The van der Waals surface area contributed by atoms with E-state index in [1.165, 1.54) is 166 Å². The Morgan fingerprint density at radius 1 is 0.418 bits per heavy atom. The summed E-state index contributed by atoms with van der Waals surface area (Å²) in [5.74, 6) is -1.25. The standard InChI is InChI=1S/C91H82N2O2S3/c1-9-11-13-15-17-63-45-47-96-86(63)66-52-78-84-80(54-66)91(73-39-27-61(7)28-40-73,74-41-29-62(8)30-42-74)81-55-67(87-64(46-48-97-87)18-16-14-12-10-2)53-79-85(81)93(84)83-76(89(78,69-31-19-57(3)20-32-69)70-33-21-58(4)22-34-70)50-65(82-44-43-75(98-82)49-68(56-92)88(94)95)51-77(83)90(79,71-35-23-59(5)24-36-71)72-37-25-60(6)26-38-72/h19-55H,9-18H2,1-8H3,(H,94,95)/b68-49-. The van der Waals surface area contributed by atoms with Gasteiger partial charge < -0.3 is 10.0 Å². The van der Waals surface area contributed by atoms with Gasteiger partial charge in [-0.15, -0.1) is 34.0 Å². The van der Waals surface area contributed by atoms with Crippen LogP contribution in [-0.2, 0) is 33.9 Å². The minimum atomic E-state index is -1.25. The zero-order valence-corrected chi connectivity index (χ0v) is 59.9. The predicted molar refractivity (Wildman–Crippen MR) is 412 cm³/mol. The van der Waals surface area contributed by atoms with E-state index < -0.39 is 22.2 Å². The highest BCUT2D eigenvalue weighted by atomic mass is 32.1. The summed E-state index contributed by atoms with van der Waals surface area (Å²) in [4.78, 5) is 19.7. The van der Waals surface area contributed by atoms with E-state index in [0.29, 0.717) is 4.88 Å². The normalized spacial score (nSPS) is 14.3. The second-order valence-electron chi connectivity index (χ2n) is 27.9. The van der Waals surface area contributed by atoms with E-state index in [2.05, 4.69) is 271 Å². The fraction of sp³-hybridized carbons (Fsp3) is 0.231. The van der Waals surface area contributed by atoms with Gasteiger partial charge in [0.15, 0.2) is 0 Å². The Labute approximate surface area is 591 Å². The monoisotopic (exact) mass is 1330 g/mol. The maximum atomic E-state index is 12.6. The van der Waals surface area contributed by atoms with Crippen LogP contribution in [0.25, 0.3) is 37.4 Å². The molecule has 0 saturated heterocycles. The van der Waals surface area contributed by atoms with Crippen LogP contribution in [-0.4, -0.2) is 11.1 Å². The van der Waals surface area contributed by atoms with Crippen molar-refractivity contribution in [2.24, 2.45) is 0 Å². The van der Waals surface area contributed by atoms with Crippen LogP contribution in [0.2, 0.25) is 0 Å². The molecular formula is C91H82N2O2S3. The molecule has 0 amide bonds. The lowest BCUT2D eigenvalue weighted by molar-refractivity contribution is -0.132. The molecule has 98 heavy (non-hydrogen) atoms. The number of hydrogen-bond donors (Lipinski definition) is 1. The van der Waals surface area contributed by atoms with Crippen molar-refractivity contribution in [3.63, 3.8) is 0 Å². The van der Waals surface area contributed by atoms with Gasteiger partial charge in [0.05, 0.1) is 33.3 Å². The number of carbonyl (C=O) groups is 1. The van der Waals surface area contributed by atoms with Crippen LogP contribution in [0.3, 0.4) is 0 Å². The smallest absolute Gasteiger partial charge is 0.346 e. The molecule has 0 fully saturated rings. The Morgan fingerprint density at radius 2 is 0.724 bits per heavy atom. The molecule has 0 saturated carbocycles. The number of anilines is 3. The van der Waals surface area contributed by atoms with Gasteiger partial charge in [0.25, 0.3) is 0 Å². The van der Waals surface area contributed by atoms with E-state index in [9.17, 15) is 15.2 Å². The molecule has 3 aliphatic heterocycles. The average Bonchev–Trinajstić information content (AvgIpc) is 0.676. The lowest BCUT2D eigenvalue weighted by Crippen LogP contribution is -2.49. The molecule has 3 aliphatic rings. The number of hydrogen-bond acceptors (Lipinski definition) is 6. The number of carboxylic acids is 1. The number of aryl methyl sites for hydroxylation is 8. The van der Waals surface area contributed by atoms with Crippen molar-refractivity contribution >= 4 is 63.1 Å². The third-order valence-electron chi connectivity index (χ3n) is 21.5. The highest BCUT2D eigenvalue weighted by Crippen LogP contribution is 2.73. The SMILES string of the molecule is CCCCCCc1ccsc1-c1cc2c3c(c1)C(c1ccc(C)cc1)(c1ccc(C)cc1)c1cc(-c4sccc4CCCCCC)cc4c1N3c1c(cc(-c3ccc(/C=C(/C#N)C(=O)O)s3)cc1C4(c1ccc(C)cc1)c1ccc(C)cc1)C2(c1ccc(C)cc1)c1ccc(C)cc1. The van der Waals surface area contributed by atoms with Crippen molar-refractivity contribution in [1.29, 1.82) is 5.26 Å². The van der Waals surface area contributed by atoms with E-state index in [1.807, 2.05) is 34.8 Å².